The van der Waals surface area contributed by atoms with Gasteiger partial charge in [-0.2, -0.15) is 0 Å². The van der Waals surface area contributed by atoms with Gasteiger partial charge in [-0.25, -0.2) is 0 Å². The van der Waals surface area contributed by atoms with Crippen molar-refractivity contribution in [3.8, 4) is 5.75 Å². The van der Waals surface area contributed by atoms with Gasteiger partial charge in [0.15, 0.2) is 6.10 Å². The Morgan fingerprint density at radius 3 is 2.43 bits per heavy atom. The van der Waals surface area contributed by atoms with Gasteiger partial charge in [-0.15, -0.1) is 0 Å². The van der Waals surface area contributed by atoms with Crippen molar-refractivity contribution in [3.05, 3.63) is 65.7 Å². The highest BCUT2D eigenvalue weighted by Crippen LogP contribution is 2.13. The summed E-state index contributed by atoms with van der Waals surface area (Å²) in [7, 11) is 0. The van der Waals surface area contributed by atoms with E-state index in [1.54, 1.807) is 6.92 Å². The molecular weight excluding hydrogens is 262 g/mol. The maximum Gasteiger partial charge on any atom is 0.260 e. The van der Waals surface area contributed by atoms with Gasteiger partial charge in [0.25, 0.3) is 5.91 Å². The van der Waals surface area contributed by atoms with E-state index in [4.69, 9.17) is 4.74 Å². The van der Waals surface area contributed by atoms with Crippen LogP contribution in [0.1, 0.15) is 18.1 Å². The number of carbonyl (C=O) groups excluding carboxylic acids is 1. The SMILES string of the molecule is Cc1ccc(OC(C)C(=O)NCCc2ccccc2)cc1. The van der Waals surface area contributed by atoms with Crippen molar-refractivity contribution in [1.82, 2.24) is 5.32 Å². The Labute approximate surface area is 126 Å². The molecule has 2 rings (SSSR count). The van der Waals surface area contributed by atoms with E-state index in [9.17, 15) is 4.79 Å². The monoisotopic (exact) mass is 283 g/mol. The molecule has 3 nitrogen and oxygen atoms in total. The van der Waals surface area contributed by atoms with Crippen LogP contribution < -0.4 is 10.1 Å². The number of ether oxygens (including phenoxy) is 1. The Morgan fingerprint density at radius 2 is 1.76 bits per heavy atom. The van der Waals surface area contributed by atoms with E-state index in [1.165, 1.54) is 11.1 Å². The fourth-order valence-electron chi connectivity index (χ4n) is 1.99. The molecule has 1 unspecified atom stereocenters. The normalized spacial score (nSPS) is 11.7. The van der Waals surface area contributed by atoms with Gasteiger partial charge >= 0.3 is 0 Å². The second-order valence-corrected chi connectivity index (χ2v) is 5.10. The largest absolute Gasteiger partial charge is 0.481 e. The highest BCUT2D eigenvalue weighted by Gasteiger charge is 2.13. The molecule has 0 fully saturated rings. The number of amides is 1. The molecular formula is C18H21NO2. The first-order valence-electron chi connectivity index (χ1n) is 7.20. The second kappa shape index (κ2) is 7.48. The topological polar surface area (TPSA) is 38.3 Å². The predicted octanol–water partition coefficient (Wildman–Crippen LogP) is 3.12. The van der Waals surface area contributed by atoms with Crippen LogP contribution in [0, 0.1) is 6.92 Å². The third-order valence-corrected chi connectivity index (χ3v) is 3.26. The zero-order valence-corrected chi connectivity index (χ0v) is 12.5. The van der Waals surface area contributed by atoms with Crippen LogP contribution in [0.25, 0.3) is 0 Å². The summed E-state index contributed by atoms with van der Waals surface area (Å²) in [5.74, 6) is 0.623. The minimum atomic E-state index is -0.497. The van der Waals surface area contributed by atoms with Gasteiger partial charge < -0.3 is 10.1 Å². The predicted molar refractivity (Wildman–Crippen MR) is 84.4 cm³/mol. The van der Waals surface area contributed by atoms with Crippen molar-refractivity contribution in [2.45, 2.75) is 26.4 Å². The first-order valence-corrected chi connectivity index (χ1v) is 7.20. The first-order chi connectivity index (χ1) is 10.1. The summed E-state index contributed by atoms with van der Waals surface area (Å²) in [6.07, 6.45) is 0.326. The van der Waals surface area contributed by atoms with Gasteiger partial charge in [-0.1, -0.05) is 48.0 Å². The van der Waals surface area contributed by atoms with Gasteiger partial charge in [0.2, 0.25) is 0 Å². The summed E-state index contributed by atoms with van der Waals surface area (Å²) in [6, 6.07) is 17.8. The molecule has 0 aliphatic rings. The molecule has 1 amide bonds. The van der Waals surface area contributed by atoms with Crippen LogP contribution in [-0.2, 0) is 11.2 Å². The average Bonchev–Trinajstić information content (AvgIpc) is 2.50. The van der Waals surface area contributed by atoms with E-state index < -0.39 is 6.10 Å². The second-order valence-electron chi connectivity index (χ2n) is 5.10. The molecule has 0 spiro atoms. The van der Waals surface area contributed by atoms with Crippen molar-refractivity contribution in [2.24, 2.45) is 0 Å². The van der Waals surface area contributed by atoms with Crippen molar-refractivity contribution >= 4 is 5.91 Å². The maximum absolute atomic E-state index is 12.0. The lowest BCUT2D eigenvalue weighted by Crippen LogP contribution is -2.37. The third kappa shape index (κ3) is 4.95. The van der Waals surface area contributed by atoms with E-state index >= 15 is 0 Å². The van der Waals surface area contributed by atoms with E-state index in [0.717, 1.165) is 6.42 Å². The summed E-state index contributed by atoms with van der Waals surface area (Å²) in [6.45, 7) is 4.39. The summed E-state index contributed by atoms with van der Waals surface area (Å²) in [4.78, 5) is 12.0. The van der Waals surface area contributed by atoms with Crippen LogP contribution in [0.15, 0.2) is 54.6 Å². The molecule has 3 heteroatoms. The summed E-state index contributed by atoms with van der Waals surface area (Å²) >= 11 is 0. The molecule has 0 saturated carbocycles. The summed E-state index contributed by atoms with van der Waals surface area (Å²) in [5.41, 5.74) is 2.38. The third-order valence-electron chi connectivity index (χ3n) is 3.26. The van der Waals surface area contributed by atoms with Crippen LogP contribution in [0.3, 0.4) is 0 Å². The lowest BCUT2D eigenvalue weighted by Gasteiger charge is -2.14. The van der Waals surface area contributed by atoms with Crippen molar-refractivity contribution in [3.63, 3.8) is 0 Å². The standard InChI is InChI=1S/C18H21NO2/c1-14-8-10-17(11-9-14)21-15(2)18(20)19-13-12-16-6-4-3-5-7-16/h3-11,15H,12-13H2,1-2H3,(H,19,20). The fourth-order valence-corrected chi connectivity index (χ4v) is 1.99. The number of hydrogen-bond donors (Lipinski definition) is 1. The van der Waals surface area contributed by atoms with Crippen LogP contribution in [0.5, 0.6) is 5.75 Å². The zero-order chi connectivity index (χ0) is 15.1. The molecule has 21 heavy (non-hydrogen) atoms. The minimum absolute atomic E-state index is 0.0912. The number of carbonyl (C=O) groups is 1. The average molecular weight is 283 g/mol. The van der Waals surface area contributed by atoms with Gasteiger partial charge in [0.05, 0.1) is 0 Å². The number of hydrogen-bond acceptors (Lipinski definition) is 2. The lowest BCUT2D eigenvalue weighted by molar-refractivity contribution is -0.127. The molecule has 0 aliphatic heterocycles. The number of benzene rings is 2. The van der Waals surface area contributed by atoms with E-state index in [1.807, 2.05) is 49.4 Å². The molecule has 1 N–H and O–H groups in total. The van der Waals surface area contributed by atoms with Crippen LogP contribution in [-0.4, -0.2) is 18.6 Å². The Morgan fingerprint density at radius 1 is 1.10 bits per heavy atom. The summed E-state index contributed by atoms with van der Waals surface area (Å²) in [5, 5.41) is 2.90. The zero-order valence-electron chi connectivity index (χ0n) is 12.5. The molecule has 1 atom stereocenters. The Balaban J connectivity index is 1.76. The van der Waals surface area contributed by atoms with Crippen LogP contribution in [0.2, 0.25) is 0 Å². The Kier molecular flexibility index (Phi) is 5.38. The van der Waals surface area contributed by atoms with Crippen LogP contribution >= 0.6 is 0 Å². The number of aryl methyl sites for hydroxylation is 1. The molecule has 0 heterocycles. The minimum Gasteiger partial charge on any atom is -0.481 e. The van der Waals surface area contributed by atoms with Gasteiger partial charge in [-0.05, 0) is 38.0 Å². The molecule has 2 aromatic carbocycles. The Hall–Kier alpha value is -2.29. The van der Waals surface area contributed by atoms with E-state index in [2.05, 4.69) is 17.4 Å². The molecule has 0 saturated heterocycles. The molecule has 0 aliphatic carbocycles. The number of nitrogens with one attached hydrogen (secondary N) is 1. The Bertz CT molecular complexity index is 564. The lowest BCUT2D eigenvalue weighted by atomic mass is 10.1. The van der Waals surface area contributed by atoms with Crippen molar-refractivity contribution < 1.29 is 9.53 Å². The molecule has 110 valence electrons. The van der Waals surface area contributed by atoms with Crippen molar-refractivity contribution in [2.75, 3.05) is 6.54 Å². The quantitative estimate of drug-likeness (QED) is 0.884. The molecule has 0 bridgehead atoms. The highest BCUT2D eigenvalue weighted by molar-refractivity contribution is 5.80. The van der Waals surface area contributed by atoms with Gasteiger partial charge in [0.1, 0.15) is 5.75 Å². The van der Waals surface area contributed by atoms with Gasteiger partial charge in [-0.3, -0.25) is 4.79 Å². The molecule has 0 radical (unpaired) electrons. The van der Waals surface area contributed by atoms with Gasteiger partial charge in [0, 0.05) is 6.54 Å². The molecule has 0 aromatic heterocycles. The highest BCUT2D eigenvalue weighted by atomic mass is 16.5. The van der Waals surface area contributed by atoms with E-state index in [-0.39, 0.29) is 5.91 Å². The maximum atomic E-state index is 12.0. The van der Waals surface area contributed by atoms with Crippen LogP contribution in [0.4, 0.5) is 0 Å². The number of rotatable bonds is 6. The fraction of sp³-hybridized carbons (Fsp3) is 0.278. The summed E-state index contributed by atoms with van der Waals surface area (Å²) < 4.78 is 5.62. The first kappa shape index (κ1) is 15.1. The molecule has 2 aromatic rings. The van der Waals surface area contributed by atoms with Crippen molar-refractivity contribution in [1.29, 1.82) is 0 Å². The smallest absolute Gasteiger partial charge is 0.260 e. The van der Waals surface area contributed by atoms with E-state index in [0.29, 0.717) is 12.3 Å².